The second-order valence-electron chi connectivity index (χ2n) is 3.95. The molecule has 1 N–H and O–H groups in total. The number of unbranched alkanes of at least 4 members (excludes halogenated alkanes) is 1. The Morgan fingerprint density at radius 1 is 1.53 bits per heavy atom. The Bertz CT molecular complexity index is 365. The van der Waals surface area contributed by atoms with Crippen LogP contribution in [0.2, 0.25) is 0 Å². The van der Waals surface area contributed by atoms with E-state index in [1.54, 1.807) is 7.11 Å². The number of methoxy groups -OCH3 is 1. The van der Waals surface area contributed by atoms with Crippen molar-refractivity contribution in [2.75, 3.05) is 14.2 Å². The first-order valence-electron chi connectivity index (χ1n) is 5.84. The lowest BCUT2D eigenvalue weighted by atomic mass is 10.0. The molecule has 0 aromatic heterocycles. The SMILES string of the molecule is C=CCCCC(NC)c1ccc(OC)c(Br)c1. The van der Waals surface area contributed by atoms with Crippen LogP contribution in [0.15, 0.2) is 35.3 Å². The Morgan fingerprint density at radius 3 is 2.82 bits per heavy atom. The third-order valence-electron chi connectivity index (χ3n) is 2.83. The maximum atomic E-state index is 5.23. The number of halogens is 1. The number of nitrogens with one attached hydrogen (secondary N) is 1. The molecule has 1 rings (SSSR count). The molecule has 0 saturated heterocycles. The summed E-state index contributed by atoms with van der Waals surface area (Å²) < 4.78 is 6.23. The van der Waals surface area contributed by atoms with Gasteiger partial charge in [-0.2, -0.15) is 0 Å². The molecule has 1 aromatic rings. The van der Waals surface area contributed by atoms with Crippen molar-refractivity contribution in [2.45, 2.75) is 25.3 Å². The summed E-state index contributed by atoms with van der Waals surface area (Å²) in [5.41, 5.74) is 1.28. The molecular weight excluding hydrogens is 278 g/mol. The third kappa shape index (κ3) is 4.17. The number of benzene rings is 1. The van der Waals surface area contributed by atoms with Crippen LogP contribution in [0.3, 0.4) is 0 Å². The summed E-state index contributed by atoms with van der Waals surface area (Å²) in [7, 11) is 3.68. The Morgan fingerprint density at radius 2 is 2.29 bits per heavy atom. The van der Waals surface area contributed by atoms with E-state index in [4.69, 9.17) is 4.74 Å². The fraction of sp³-hybridized carbons (Fsp3) is 0.429. The fourth-order valence-corrected chi connectivity index (χ4v) is 2.40. The van der Waals surface area contributed by atoms with E-state index in [0.29, 0.717) is 6.04 Å². The minimum atomic E-state index is 0.386. The van der Waals surface area contributed by atoms with Gasteiger partial charge in [0.25, 0.3) is 0 Å². The van der Waals surface area contributed by atoms with Crippen LogP contribution in [0.4, 0.5) is 0 Å². The number of ether oxygens (including phenoxy) is 1. The highest BCUT2D eigenvalue weighted by Crippen LogP contribution is 2.29. The van der Waals surface area contributed by atoms with Gasteiger partial charge in [-0.25, -0.2) is 0 Å². The van der Waals surface area contributed by atoms with E-state index in [9.17, 15) is 0 Å². The molecule has 0 fully saturated rings. The first kappa shape index (κ1) is 14.3. The van der Waals surface area contributed by atoms with Crippen LogP contribution in [0.1, 0.15) is 30.9 Å². The molecule has 3 heteroatoms. The smallest absolute Gasteiger partial charge is 0.133 e. The van der Waals surface area contributed by atoms with E-state index in [1.165, 1.54) is 5.56 Å². The molecule has 1 aromatic carbocycles. The van der Waals surface area contributed by atoms with Gasteiger partial charge in [-0.3, -0.25) is 0 Å². The van der Waals surface area contributed by atoms with Gasteiger partial charge in [-0.1, -0.05) is 12.1 Å². The quantitative estimate of drug-likeness (QED) is 0.605. The lowest BCUT2D eigenvalue weighted by molar-refractivity contribution is 0.411. The number of hydrogen-bond donors (Lipinski definition) is 1. The molecule has 17 heavy (non-hydrogen) atoms. The van der Waals surface area contributed by atoms with Crippen LogP contribution in [-0.2, 0) is 0 Å². The van der Waals surface area contributed by atoms with E-state index in [2.05, 4.69) is 40.0 Å². The van der Waals surface area contributed by atoms with Gasteiger partial charge in [0.15, 0.2) is 0 Å². The van der Waals surface area contributed by atoms with Crippen molar-refractivity contribution < 1.29 is 4.74 Å². The molecule has 1 atom stereocenters. The molecular formula is C14H20BrNO. The van der Waals surface area contributed by atoms with Crippen molar-refractivity contribution in [1.29, 1.82) is 0 Å². The molecule has 0 aliphatic carbocycles. The molecule has 2 nitrogen and oxygen atoms in total. The molecule has 94 valence electrons. The standard InChI is InChI=1S/C14H20BrNO/c1-4-5-6-7-13(16-2)11-8-9-14(17-3)12(15)10-11/h4,8-10,13,16H,1,5-7H2,2-3H3. The summed E-state index contributed by atoms with van der Waals surface area (Å²) in [5, 5.41) is 3.35. The van der Waals surface area contributed by atoms with E-state index in [1.807, 2.05) is 19.2 Å². The van der Waals surface area contributed by atoms with E-state index in [0.717, 1.165) is 29.5 Å². The predicted molar refractivity (Wildman–Crippen MR) is 76.5 cm³/mol. The number of allylic oxidation sites excluding steroid dienone is 1. The Balaban J connectivity index is 2.74. The zero-order valence-electron chi connectivity index (χ0n) is 10.5. The summed E-state index contributed by atoms with van der Waals surface area (Å²) in [6.45, 7) is 3.75. The second-order valence-corrected chi connectivity index (χ2v) is 4.81. The monoisotopic (exact) mass is 297 g/mol. The summed E-state index contributed by atoms with van der Waals surface area (Å²) in [6, 6.07) is 6.61. The van der Waals surface area contributed by atoms with Crippen LogP contribution >= 0.6 is 15.9 Å². The first-order chi connectivity index (χ1) is 8.22. The summed E-state index contributed by atoms with van der Waals surface area (Å²) in [6.07, 6.45) is 5.30. The number of hydrogen-bond acceptors (Lipinski definition) is 2. The van der Waals surface area contributed by atoms with Crippen molar-refractivity contribution in [1.82, 2.24) is 5.32 Å². The van der Waals surface area contributed by atoms with Crippen molar-refractivity contribution in [3.8, 4) is 5.75 Å². The molecule has 0 amide bonds. The molecule has 0 heterocycles. The van der Waals surface area contributed by atoms with Gasteiger partial charge < -0.3 is 10.1 Å². The molecule has 0 bridgehead atoms. The molecule has 0 radical (unpaired) electrons. The van der Waals surface area contributed by atoms with Gasteiger partial charge in [0, 0.05) is 6.04 Å². The topological polar surface area (TPSA) is 21.3 Å². The van der Waals surface area contributed by atoms with Crippen LogP contribution in [0, 0.1) is 0 Å². The normalized spacial score (nSPS) is 12.2. The fourth-order valence-electron chi connectivity index (χ4n) is 1.84. The summed E-state index contributed by atoms with van der Waals surface area (Å²) >= 11 is 3.52. The second kappa shape index (κ2) is 7.51. The highest BCUT2D eigenvalue weighted by Gasteiger charge is 2.10. The molecule has 0 aliphatic rings. The zero-order chi connectivity index (χ0) is 12.7. The van der Waals surface area contributed by atoms with Crippen LogP contribution in [-0.4, -0.2) is 14.2 Å². The minimum absolute atomic E-state index is 0.386. The van der Waals surface area contributed by atoms with Gasteiger partial charge in [0.2, 0.25) is 0 Å². The maximum Gasteiger partial charge on any atom is 0.133 e. The highest BCUT2D eigenvalue weighted by atomic mass is 79.9. The van der Waals surface area contributed by atoms with Crippen LogP contribution in [0.25, 0.3) is 0 Å². The summed E-state index contributed by atoms with van der Waals surface area (Å²) in [5.74, 6) is 0.870. The highest BCUT2D eigenvalue weighted by molar-refractivity contribution is 9.10. The van der Waals surface area contributed by atoms with Crippen molar-refractivity contribution in [3.05, 3.63) is 40.9 Å². The van der Waals surface area contributed by atoms with E-state index < -0.39 is 0 Å². The maximum absolute atomic E-state index is 5.23. The van der Waals surface area contributed by atoms with Gasteiger partial charge in [-0.15, -0.1) is 6.58 Å². The van der Waals surface area contributed by atoms with Crippen LogP contribution < -0.4 is 10.1 Å². The number of rotatable bonds is 7. The van der Waals surface area contributed by atoms with E-state index in [-0.39, 0.29) is 0 Å². The molecule has 1 unspecified atom stereocenters. The summed E-state index contributed by atoms with van der Waals surface area (Å²) in [4.78, 5) is 0. The zero-order valence-corrected chi connectivity index (χ0v) is 12.1. The molecule has 0 saturated carbocycles. The van der Waals surface area contributed by atoms with Gasteiger partial charge in [0.1, 0.15) is 5.75 Å². The van der Waals surface area contributed by atoms with Crippen molar-refractivity contribution in [3.63, 3.8) is 0 Å². The van der Waals surface area contributed by atoms with Gasteiger partial charge in [0.05, 0.1) is 11.6 Å². The van der Waals surface area contributed by atoms with E-state index >= 15 is 0 Å². The largest absolute Gasteiger partial charge is 0.496 e. The van der Waals surface area contributed by atoms with Crippen LogP contribution in [0.5, 0.6) is 5.75 Å². The van der Waals surface area contributed by atoms with Crippen molar-refractivity contribution in [2.24, 2.45) is 0 Å². The van der Waals surface area contributed by atoms with Crippen molar-refractivity contribution >= 4 is 15.9 Å². The Kier molecular flexibility index (Phi) is 6.30. The molecule has 0 spiro atoms. The third-order valence-corrected chi connectivity index (χ3v) is 3.45. The molecule has 0 aliphatic heterocycles. The predicted octanol–water partition coefficient (Wildman–Crippen LogP) is 4.07. The first-order valence-corrected chi connectivity index (χ1v) is 6.63. The lowest BCUT2D eigenvalue weighted by Gasteiger charge is -2.17. The average molecular weight is 298 g/mol. The lowest BCUT2D eigenvalue weighted by Crippen LogP contribution is -2.16. The van der Waals surface area contributed by atoms with Gasteiger partial charge >= 0.3 is 0 Å². The Labute approximate surface area is 112 Å². The average Bonchev–Trinajstić information content (AvgIpc) is 2.35. The van der Waals surface area contributed by atoms with Gasteiger partial charge in [-0.05, 0) is 59.9 Å². The minimum Gasteiger partial charge on any atom is -0.496 e. The Hall–Kier alpha value is -0.800.